The second-order valence-electron chi connectivity index (χ2n) is 14.2. The molecule has 0 fully saturated rings. The Hall–Kier alpha value is -3.65. The Morgan fingerprint density at radius 3 is 2.05 bits per heavy atom. The van der Waals surface area contributed by atoms with Gasteiger partial charge < -0.3 is 0 Å². The van der Waals surface area contributed by atoms with Crippen LogP contribution in [0.15, 0.2) is 85.2 Å². The first-order valence-electron chi connectivity index (χ1n) is 15.2. The van der Waals surface area contributed by atoms with E-state index in [1.165, 1.54) is 11.1 Å². The molecule has 5 aromatic rings. The molecule has 1 aliphatic rings. The van der Waals surface area contributed by atoms with Gasteiger partial charge in [0.2, 0.25) is 0 Å². The molecule has 6 rings (SSSR count). The van der Waals surface area contributed by atoms with E-state index >= 15 is 0 Å². The molecule has 3 heterocycles. The van der Waals surface area contributed by atoms with Crippen molar-refractivity contribution < 1.29 is 7.84 Å². The first-order chi connectivity index (χ1) is 20.7. The van der Waals surface area contributed by atoms with Crippen molar-refractivity contribution in [2.45, 2.75) is 67.2 Å². The van der Waals surface area contributed by atoms with Crippen LogP contribution in [-0.4, -0.2) is 29.5 Å². The molecule has 0 unspecified atom stereocenters. The van der Waals surface area contributed by atoms with Crippen LogP contribution in [0.3, 0.4) is 0 Å². The van der Waals surface area contributed by atoms with Crippen LogP contribution in [0.1, 0.15) is 63.8 Å². The summed E-state index contributed by atoms with van der Waals surface area (Å²) in [6.45, 7) is 17.5. The predicted molar refractivity (Wildman–Crippen MR) is 182 cm³/mol. The van der Waals surface area contributed by atoms with Crippen LogP contribution in [0.5, 0.6) is 11.5 Å². The Morgan fingerprint density at radius 2 is 1.36 bits per heavy atom. The van der Waals surface area contributed by atoms with Gasteiger partial charge in [-0.15, -0.1) is 0 Å². The number of hydrogen-bond acceptors (Lipinski definition) is 4. The van der Waals surface area contributed by atoms with Crippen LogP contribution < -0.4 is 12.0 Å². The average Bonchev–Trinajstić information content (AvgIpc) is 3.22. The van der Waals surface area contributed by atoms with Crippen molar-refractivity contribution in [1.29, 1.82) is 0 Å². The van der Waals surface area contributed by atoms with Crippen LogP contribution in [-0.2, 0) is 14.9 Å². The van der Waals surface area contributed by atoms with E-state index in [4.69, 9.17) is 9.72 Å². The molecule has 3 aromatic carbocycles. The molecule has 5 heteroatoms. The number of aromatic nitrogens is 2. The van der Waals surface area contributed by atoms with Crippen molar-refractivity contribution in [3.05, 3.63) is 107 Å². The summed E-state index contributed by atoms with van der Waals surface area (Å²) >= 11 is -2.92. The topological polar surface area (TPSA) is 52.1 Å². The molecule has 4 nitrogen and oxygen atoms in total. The molecule has 0 radical (unpaired) electrons. The van der Waals surface area contributed by atoms with Crippen molar-refractivity contribution in [3.63, 3.8) is 0 Å². The van der Waals surface area contributed by atoms with Crippen molar-refractivity contribution in [3.8, 4) is 45.1 Å². The molecule has 0 N–H and O–H groups in total. The Kier molecular flexibility index (Phi) is 7.85. The molecule has 0 atom stereocenters. The monoisotopic (exact) mass is 698 g/mol. The molecule has 0 bridgehead atoms. The molecule has 0 aliphatic carbocycles. The quantitative estimate of drug-likeness (QED) is 0.170. The number of ether oxygens (including phenoxy) is 1. The molecule has 224 valence electrons. The second kappa shape index (κ2) is 11.4. The summed E-state index contributed by atoms with van der Waals surface area (Å²) in [5.74, 6) is 1.50. The van der Waals surface area contributed by atoms with E-state index < -0.39 is 19.5 Å². The van der Waals surface area contributed by atoms with E-state index in [0.29, 0.717) is 0 Å². The summed E-state index contributed by atoms with van der Waals surface area (Å²) in [4.78, 5) is 9.52. The number of hydrogen-bond donors (Lipinski definition) is 0. The zero-order valence-corrected chi connectivity index (χ0v) is 29.2. The van der Waals surface area contributed by atoms with Gasteiger partial charge in [0.25, 0.3) is 0 Å². The van der Waals surface area contributed by atoms with E-state index in [2.05, 4.69) is 115 Å². The van der Waals surface area contributed by atoms with E-state index in [-0.39, 0.29) is 10.8 Å². The summed E-state index contributed by atoms with van der Waals surface area (Å²) in [6, 6.07) is 25.2. The van der Waals surface area contributed by atoms with Crippen LogP contribution in [0.2, 0.25) is 0 Å². The summed E-state index contributed by atoms with van der Waals surface area (Å²) < 4.78 is 22.3. The molecule has 44 heavy (non-hydrogen) atoms. The second-order valence-corrected chi connectivity index (χ2v) is 18.3. The van der Waals surface area contributed by atoms with Gasteiger partial charge in [-0.2, -0.15) is 0 Å². The number of rotatable bonds is 5. The fourth-order valence-corrected chi connectivity index (χ4v) is 10.0. The van der Waals surface area contributed by atoms with E-state index in [1.54, 1.807) is 6.20 Å². The zero-order chi connectivity index (χ0) is 31.4. The van der Waals surface area contributed by atoms with Gasteiger partial charge in [-0.25, -0.2) is 0 Å². The third-order valence-electron chi connectivity index (χ3n) is 7.89. The van der Waals surface area contributed by atoms with Crippen LogP contribution >= 0.6 is 0 Å². The number of benzene rings is 3. The van der Waals surface area contributed by atoms with Gasteiger partial charge in [0.05, 0.1) is 0 Å². The Labute approximate surface area is 268 Å². The number of fused-ring (bicyclic) bond motifs is 3. The summed E-state index contributed by atoms with van der Waals surface area (Å²) in [5, 5.41) is 0. The normalized spacial score (nSPS) is 13.1. The summed E-state index contributed by atoms with van der Waals surface area (Å²) in [5.41, 5.74) is 10.7. The minimum atomic E-state index is -2.92. The number of aryl methyl sites for hydroxylation is 2. The molecule has 0 saturated carbocycles. The maximum absolute atomic E-state index is 13.8. The van der Waals surface area contributed by atoms with Crippen molar-refractivity contribution in [2.24, 2.45) is 5.41 Å². The Morgan fingerprint density at radius 1 is 0.705 bits per heavy atom. The van der Waals surface area contributed by atoms with Crippen LogP contribution in [0.4, 0.5) is 0 Å². The summed E-state index contributed by atoms with van der Waals surface area (Å²) in [6.07, 6.45) is 4.64. The van der Waals surface area contributed by atoms with Gasteiger partial charge in [-0.1, -0.05) is 20.8 Å². The van der Waals surface area contributed by atoms with Gasteiger partial charge in [0.1, 0.15) is 0 Å². The number of pyridine rings is 2. The Balaban J connectivity index is 1.37. The van der Waals surface area contributed by atoms with E-state index in [0.717, 1.165) is 69.9 Å². The van der Waals surface area contributed by atoms with Crippen molar-refractivity contribution in [1.82, 2.24) is 9.97 Å². The molecular weight excluding hydrogens is 656 g/mol. The Bertz CT molecular complexity index is 1930. The van der Waals surface area contributed by atoms with Crippen LogP contribution in [0.25, 0.3) is 33.6 Å². The first-order valence-corrected chi connectivity index (χ1v) is 18.5. The van der Waals surface area contributed by atoms with E-state index in [9.17, 15) is 3.10 Å². The first kappa shape index (κ1) is 30.4. The van der Waals surface area contributed by atoms with Gasteiger partial charge in [-0.3, -0.25) is 0 Å². The standard InChI is InChI=1S/C39H40N2O2Te/c1-24-15-27(33-22-29(11-13-40-33)39(6,7)8)20-30(17-24)43-31-18-25(2)16-28(21-31)37-36-32-10-9-26(23-38(3,4)5)19-35(32)44(42)34(36)12-14-41-37/h9-22H,23H2,1-8H3. The molecule has 1 aliphatic heterocycles. The SMILES string of the molecule is Cc1cc(Oc2cc(C)cc(-c3nccc4c3-c3ccc(CC(C)(C)C)cc3[Te]4=O)c2)cc(-c2cc(C(C)(C)C)ccn2)c1. The van der Waals surface area contributed by atoms with Gasteiger partial charge >= 0.3 is 226 Å². The van der Waals surface area contributed by atoms with Crippen molar-refractivity contribution in [2.75, 3.05) is 0 Å². The molecule has 2 aromatic heterocycles. The third-order valence-corrected chi connectivity index (χ3v) is 12.1. The van der Waals surface area contributed by atoms with E-state index in [1.807, 2.05) is 24.4 Å². The fraction of sp³-hybridized carbons (Fsp3) is 0.282. The molecular formula is C39H40N2O2Te. The predicted octanol–water partition coefficient (Wildman–Crippen LogP) is 8.62. The van der Waals surface area contributed by atoms with Crippen molar-refractivity contribution >= 4 is 26.8 Å². The summed E-state index contributed by atoms with van der Waals surface area (Å²) in [7, 11) is 0. The fourth-order valence-electron chi connectivity index (χ4n) is 5.93. The number of nitrogens with zero attached hydrogens (tertiary/aromatic N) is 2. The molecule has 0 spiro atoms. The van der Waals surface area contributed by atoms with Crippen LogP contribution in [0, 0.1) is 19.3 Å². The average molecular weight is 696 g/mol. The molecule has 0 saturated heterocycles. The van der Waals surface area contributed by atoms with Gasteiger partial charge in [-0.05, 0) is 17.0 Å². The zero-order valence-electron chi connectivity index (χ0n) is 26.9. The molecule has 0 amide bonds. The third kappa shape index (κ3) is 6.27. The van der Waals surface area contributed by atoms with Gasteiger partial charge in [0.15, 0.2) is 0 Å². The van der Waals surface area contributed by atoms with Gasteiger partial charge in [0, 0.05) is 6.20 Å². The maximum atomic E-state index is 13.8. The minimum absolute atomic E-state index is 0.0366.